The van der Waals surface area contributed by atoms with Crippen LogP contribution in [0.4, 0.5) is 9.59 Å². The Hall–Kier alpha value is -5.92. The first kappa shape index (κ1) is 44.1. The highest BCUT2D eigenvalue weighted by molar-refractivity contribution is 5.89. The van der Waals surface area contributed by atoms with Gasteiger partial charge in [0, 0.05) is 41.3 Å². The Kier molecular flexibility index (Phi) is 12.4. The van der Waals surface area contributed by atoms with Crippen molar-refractivity contribution in [1.29, 1.82) is 0 Å². The molecule has 4 amide bonds. The summed E-state index contributed by atoms with van der Waals surface area (Å²) >= 11 is 0. The van der Waals surface area contributed by atoms with Gasteiger partial charge >= 0.3 is 12.2 Å². The van der Waals surface area contributed by atoms with Crippen LogP contribution in [-0.2, 0) is 33.2 Å². The summed E-state index contributed by atoms with van der Waals surface area (Å²) in [6, 6.07) is 19.4. The maximum absolute atomic E-state index is 14.1. The van der Waals surface area contributed by atoms with Crippen molar-refractivity contribution in [2.75, 3.05) is 41.4 Å². The van der Waals surface area contributed by atoms with E-state index in [0.29, 0.717) is 13.1 Å². The Bertz CT molecular complexity index is 2320. The van der Waals surface area contributed by atoms with E-state index in [9.17, 15) is 19.2 Å². The van der Waals surface area contributed by atoms with Crippen molar-refractivity contribution in [2.24, 2.45) is 37.8 Å². The molecule has 7 rings (SSSR count). The van der Waals surface area contributed by atoms with Crippen molar-refractivity contribution in [3.8, 4) is 22.3 Å². The third-order valence-electron chi connectivity index (χ3n) is 13.1. The molecule has 0 N–H and O–H groups in total. The average Bonchev–Trinajstić information content (AvgIpc) is 4.01. The molecule has 14 heteroatoms. The first-order valence-corrected chi connectivity index (χ1v) is 21.7. The topological polar surface area (TPSA) is 135 Å². The number of nitrogens with zero attached hydrogens (tertiary/aromatic N) is 8. The van der Waals surface area contributed by atoms with Gasteiger partial charge in [0.2, 0.25) is 11.8 Å². The molecule has 6 atom stereocenters. The molecule has 0 spiro atoms. The molecular weight excluding hydrogens is 785 g/mol. The summed E-state index contributed by atoms with van der Waals surface area (Å²) < 4.78 is 14.2. The lowest BCUT2D eigenvalue weighted by atomic mass is 10.00. The molecule has 3 aromatic carbocycles. The van der Waals surface area contributed by atoms with Crippen molar-refractivity contribution < 1.29 is 28.7 Å². The van der Waals surface area contributed by atoms with Gasteiger partial charge in [0.05, 0.1) is 48.4 Å². The quantitative estimate of drug-likeness (QED) is 0.138. The molecule has 4 heterocycles. The van der Waals surface area contributed by atoms with E-state index < -0.39 is 24.3 Å². The van der Waals surface area contributed by atoms with Gasteiger partial charge in [-0.05, 0) is 83.0 Å². The molecule has 2 aromatic heterocycles. The highest BCUT2D eigenvalue weighted by atomic mass is 16.5. The predicted octanol–water partition coefficient (Wildman–Crippen LogP) is 8.06. The Balaban J connectivity index is 1.13. The van der Waals surface area contributed by atoms with E-state index in [1.807, 2.05) is 63.7 Å². The minimum absolute atomic E-state index is 0.0956. The molecule has 5 aromatic rings. The van der Waals surface area contributed by atoms with Crippen LogP contribution in [0.5, 0.6) is 0 Å². The molecule has 0 radical (unpaired) electrons. The second kappa shape index (κ2) is 17.5. The molecule has 62 heavy (non-hydrogen) atoms. The van der Waals surface area contributed by atoms with Gasteiger partial charge in [0.1, 0.15) is 23.7 Å². The van der Waals surface area contributed by atoms with Crippen molar-refractivity contribution in [3.05, 3.63) is 72.3 Å². The molecule has 0 unspecified atom stereocenters. The standard InChI is InChI=1S/C48H62N8O6/c1-27(2)41(53(9)47(59)61-11)45(57)55-25-29(5)21-39(55)43-49-35-19-17-33(23-37(35)51(43)7)31-13-15-32(16-14-31)34-18-20-36-38(24-34)52(8)44(50-36)40-22-30(6)26-56(40)46(58)42(28(3)4)54(10)48(60)62-12/h13-20,23-24,27-30,39-42H,21-22,25-26H2,1-12H3/t29-,30-,39-,40-,41-,42-/m0/s1. The van der Waals surface area contributed by atoms with Crippen LogP contribution in [0.3, 0.4) is 0 Å². The summed E-state index contributed by atoms with van der Waals surface area (Å²) in [4.78, 5) is 70.1. The van der Waals surface area contributed by atoms with Crippen LogP contribution in [0.25, 0.3) is 44.3 Å². The van der Waals surface area contributed by atoms with Gasteiger partial charge in [-0.3, -0.25) is 19.4 Å². The fraction of sp³-hybridized carbons (Fsp3) is 0.500. The lowest BCUT2D eigenvalue weighted by molar-refractivity contribution is -0.139. The van der Waals surface area contributed by atoms with Gasteiger partial charge in [-0.15, -0.1) is 0 Å². The molecule has 330 valence electrons. The molecule has 0 saturated carbocycles. The third-order valence-corrected chi connectivity index (χ3v) is 13.1. The van der Waals surface area contributed by atoms with E-state index in [-0.39, 0.29) is 47.6 Å². The number of aromatic nitrogens is 4. The van der Waals surface area contributed by atoms with Gasteiger partial charge in [0.15, 0.2) is 0 Å². The summed E-state index contributed by atoms with van der Waals surface area (Å²) in [7, 11) is 9.93. The zero-order valence-electron chi connectivity index (χ0n) is 38.2. The maximum Gasteiger partial charge on any atom is 0.409 e. The summed E-state index contributed by atoms with van der Waals surface area (Å²) in [5.41, 5.74) is 7.92. The Labute approximate surface area is 364 Å². The number of ether oxygens (including phenoxy) is 2. The van der Waals surface area contributed by atoms with E-state index in [2.05, 4.69) is 71.5 Å². The van der Waals surface area contributed by atoms with Crippen LogP contribution < -0.4 is 0 Å². The van der Waals surface area contributed by atoms with E-state index in [1.54, 1.807) is 14.1 Å². The molecule has 0 bridgehead atoms. The van der Waals surface area contributed by atoms with Crippen molar-refractivity contribution in [1.82, 2.24) is 38.7 Å². The Morgan fingerprint density at radius 3 is 1.26 bits per heavy atom. The summed E-state index contributed by atoms with van der Waals surface area (Å²) in [6.45, 7) is 13.3. The number of benzene rings is 3. The van der Waals surface area contributed by atoms with E-state index in [1.165, 1.54) is 24.0 Å². The number of hydrogen-bond donors (Lipinski definition) is 0. The van der Waals surface area contributed by atoms with Crippen LogP contribution in [0.1, 0.15) is 78.1 Å². The Morgan fingerprint density at radius 1 is 0.597 bits per heavy atom. The first-order valence-electron chi connectivity index (χ1n) is 21.7. The second-order valence-corrected chi connectivity index (χ2v) is 18.3. The van der Waals surface area contributed by atoms with Crippen LogP contribution in [0.15, 0.2) is 60.7 Å². The minimum atomic E-state index is -0.654. The monoisotopic (exact) mass is 846 g/mol. The van der Waals surface area contributed by atoms with Crippen LogP contribution >= 0.6 is 0 Å². The van der Waals surface area contributed by atoms with E-state index >= 15 is 0 Å². The van der Waals surface area contributed by atoms with Gasteiger partial charge in [-0.1, -0.05) is 77.9 Å². The number of fused-ring (bicyclic) bond motifs is 2. The number of carbonyl (C=O) groups excluding carboxylic acids is 4. The largest absolute Gasteiger partial charge is 0.453 e. The number of carbonyl (C=O) groups is 4. The zero-order chi connectivity index (χ0) is 44.9. The smallest absolute Gasteiger partial charge is 0.409 e. The maximum atomic E-state index is 14.1. The summed E-state index contributed by atoms with van der Waals surface area (Å²) in [6.07, 6.45) is 0.493. The normalized spacial score (nSPS) is 20.0. The fourth-order valence-electron chi connectivity index (χ4n) is 9.95. The number of rotatable bonds is 10. The number of amides is 4. The van der Waals surface area contributed by atoms with Crippen molar-refractivity contribution in [3.63, 3.8) is 0 Å². The van der Waals surface area contributed by atoms with Crippen LogP contribution in [-0.4, -0.2) is 116 Å². The summed E-state index contributed by atoms with van der Waals surface area (Å²) in [5.74, 6) is 1.81. The number of imidazole rings is 2. The minimum Gasteiger partial charge on any atom is -0.453 e. The fourth-order valence-corrected chi connectivity index (χ4v) is 9.95. The van der Waals surface area contributed by atoms with E-state index in [0.717, 1.165) is 68.8 Å². The number of aryl methyl sites for hydroxylation is 2. The Morgan fingerprint density at radius 2 is 0.935 bits per heavy atom. The van der Waals surface area contributed by atoms with Gasteiger partial charge in [-0.25, -0.2) is 19.6 Å². The number of methoxy groups -OCH3 is 2. The second-order valence-electron chi connectivity index (χ2n) is 18.3. The highest BCUT2D eigenvalue weighted by Crippen LogP contribution is 2.40. The van der Waals surface area contributed by atoms with Gasteiger partial charge < -0.3 is 28.4 Å². The lowest BCUT2D eigenvalue weighted by Gasteiger charge is -2.34. The third kappa shape index (κ3) is 7.99. The first-order chi connectivity index (χ1) is 29.4. The number of hydrogen-bond acceptors (Lipinski definition) is 8. The zero-order valence-corrected chi connectivity index (χ0v) is 38.2. The molecule has 0 aliphatic carbocycles. The molecule has 2 aliphatic rings. The highest BCUT2D eigenvalue weighted by Gasteiger charge is 2.44. The molecular formula is C48H62N8O6. The number of likely N-dealkylation sites (N-methyl/N-ethyl adjacent to an activating group) is 2. The van der Waals surface area contributed by atoms with Gasteiger partial charge in [-0.2, -0.15) is 0 Å². The molecule has 2 saturated heterocycles. The SMILES string of the molecule is COC(=O)N(C)[C@H](C(=O)N1C[C@@H](C)C[C@H]1c1nc2ccc(-c3ccc(-c4ccc5nc([C@@H]6C[C@H](C)CN6C(=O)[C@H](C(C)C)N(C)C(=O)OC)n(C)c5c4)cc3)cc2n1C)C(C)C. The average molecular weight is 847 g/mol. The summed E-state index contributed by atoms with van der Waals surface area (Å²) in [5, 5.41) is 0. The van der Waals surface area contributed by atoms with Crippen LogP contribution in [0.2, 0.25) is 0 Å². The van der Waals surface area contributed by atoms with Crippen molar-refractivity contribution >= 4 is 46.1 Å². The predicted molar refractivity (Wildman–Crippen MR) is 240 cm³/mol. The van der Waals surface area contributed by atoms with Gasteiger partial charge in [0.25, 0.3) is 0 Å². The molecule has 2 fully saturated rings. The molecule has 2 aliphatic heterocycles. The van der Waals surface area contributed by atoms with E-state index in [4.69, 9.17) is 19.4 Å². The molecule has 14 nitrogen and oxygen atoms in total. The van der Waals surface area contributed by atoms with Crippen molar-refractivity contribution in [2.45, 2.75) is 78.6 Å². The lowest BCUT2D eigenvalue weighted by Crippen LogP contribution is -2.52. The van der Waals surface area contributed by atoms with Crippen LogP contribution in [0, 0.1) is 23.7 Å². The number of likely N-dealkylation sites (tertiary alicyclic amines) is 2.